The van der Waals surface area contributed by atoms with Crippen molar-refractivity contribution in [3.8, 4) is 0 Å². The molecule has 0 aliphatic carbocycles. The second kappa shape index (κ2) is 6.08. The lowest BCUT2D eigenvalue weighted by Crippen LogP contribution is -2.43. The number of carbonyl (C=O) groups is 2. The van der Waals surface area contributed by atoms with Gasteiger partial charge in [-0.25, -0.2) is 0 Å². The van der Waals surface area contributed by atoms with Crippen LogP contribution in [0.15, 0.2) is 0 Å². The standard InChI is InChI=1S/C11H18N2O4S/c1-3-11(8(14)16-4-2)5-7(17-9(11)15)6-18-10(12)13/h7H,3-6H2,1-2H3,(H3,12,13)/p+1. The van der Waals surface area contributed by atoms with Crippen LogP contribution in [-0.2, 0) is 19.1 Å². The van der Waals surface area contributed by atoms with Gasteiger partial charge in [0.2, 0.25) is 0 Å². The van der Waals surface area contributed by atoms with Crippen LogP contribution in [0.5, 0.6) is 0 Å². The van der Waals surface area contributed by atoms with Gasteiger partial charge >= 0.3 is 11.9 Å². The number of thioether (sulfide) groups is 1. The monoisotopic (exact) mass is 275 g/mol. The molecule has 1 saturated heterocycles. The molecule has 6 nitrogen and oxygen atoms in total. The molecule has 0 bridgehead atoms. The summed E-state index contributed by atoms with van der Waals surface area (Å²) >= 11 is 1.21. The van der Waals surface area contributed by atoms with Crippen LogP contribution in [0.4, 0.5) is 0 Å². The highest BCUT2D eigenvalue weighted by molar-refractivity contribution is 8.13. The zero-order valence-electron chi connectivity index (χ0n) is 10.6. The lowest BCUT2D eigenvalue weighted by atomic mass is 9.82. The molecule has 0 aromatic rings. The quantitative estimate of drug-likeness (QED) is 0.291. The second-order valence-electron chi connectivity index (χ2n) is 4.10. The minimum atomic E-state index is -1.16. The highest BCUT2D eigenvalue weighted by Gasteiger charge is 2.54. The molecular formula is C11H19N2O4S+. The lowest BCUT2D eigenvalue weighted by Gasteiger charge is -2.20. The van der Waals surface area contributed by atoms with Crippen molar-refractivity contribution in [3.05, 3.63) is 0 Å². The van der Waals surface area contributed by atoms with Crippen LogP contribution in [0, 0.1) is 5.41 Å². The van der Waals surface area contributed by atoms with E-state index in [0.29, 0.717) is 18.6 Å². The Morgan fingerprint density at radius 1 is 1.67 bits per heavy atom. The van der Waals surface area contributed by atoms with Crippen LogP contribution in [0.25, 0.3) is 0 Å². The zero-order valence-corrected chi connectivity index (χ0v) is 11.4. The molecule has 0 aromatic carbocycles. The first kappa shape index (κ1) is 14.8. The number of rotatable bonds is 5. The summed E-state index contributed by atoms with van der Waals surface area (Å²) in [4.78, 5) is 23.8. The van der Waals surface area contributed by atoms with Gasteiger partial charge < -0.3 is 9.47 Å². The van der Waals surface area contributed by atoms with Gasteiger partial charge in [0.05, 0.1) is 6.61 Å². The first-order chi connectivity index (χ1) is 8.46. The summed E-state index contributed by atoms with van der Waals surface area (Å²) in [5, 5.41) is 5.56. The number of cyclic esters (lactones) is 1. The van der Waals surface area contributed by atoms with Gasteiger partial charge in [-0.05, 0) is 25.1 Å². The van der Waals surface area contributed by atoms with Crippen LogP contribution >= 0.6 is 11.8 Å². The van der Waals surface area contributed by atoms with Crippen molar-refractivity contribution >= 4 is 28.9 Å². The van der Waals surface area contributed by atoms with Crippen molar-refractivity contribution in [2.45, 2.75) is 32.8 Å². The minimum Gasteiger partial charge on any atom is -0.465 e. The van der Waals surface area contributed by atoms with E-state index < -0.39 is 17.4 Å². The first-order valence-corrected chi connectivity index (χ1v) is 6.83. The molecule has 1 rings (SSSR count). The van der Waals surface area contributed by atoms with Gasteiger partial charge in [0.15, 0.2) is 5.41 Å². The van der Waals surface area contributed by atoms with Crippen LogP contribution in [0.3, 0.4) is 0 Å². The third-order valence-corrected chi connectivity index (χ3v) is 3.82. The SMILES string of the molecule is CCOC(=O)C1(CC)CC(CSC(N)=[NH2+])OC1=O. The Kier molecular flexibility index (Phi) is 5.01. The molecule has 102 valence electrons. The number of carbonyl (C=O) groups excluding carboxylic acids is 2. The Balaban J connectivity index is 2.73. The van der Waals surface area contributed by atoms with Crippen LogP contribution in [-0.4, -0.2) is 35.6 Å². The highest BCUT2D eigenvalue weighted by Crippen LogP contribution is 2.39. The van der Waals surface area contributed by atoms with Crippen molar-refractivity contribution in [1.82, 2.24) is 0 Å². The third-order valence-electron chi connectivity index (χ3n) is 2.95. The second-order valence-corrected chi connectivity index (χ2v) is 5.19. The third kappa shape index (κ3) is 2.95. The van der Waals surface area contributed by atoms with Gasteiger partial charge in [0.25, 0.3) is 5.17 Å². The molecule has 0 amide bonds. The molecule has 0 spiro atoms. The summed E-state index contributed by atoms with van der Waals surface area (Å²) < 4.78 is 10.2. The molecule has 2 atom stereocenters. The molecule has 1 aliphatic heterocycles. The summed E-state index contributed by atoms with van der Waals surface area (Å²) in [6, 6.07) is 0. The van der Waals surface area contributed by atoms with Crippen molar-refractivity contribution in [1.29, 1.82) is 0 Å². The smallest absolute Gasteiger partial charge is 0.323 e. The van der Waals surface area contributed by atoms with E-state index in [-0.39, 0.29) is 17.9 Å². The average molecular weight is 275 g/mol. The molecule has 4 N–H and O–H groups in total. The summed E-state index contributed by atoms with van der Waals surface area (Å²) in [5.74, 6) is -0.561. The predicted molar refractivity (Wildman–Crippen MR) is 67.4 cm³/mol. The molecular weight excluding hydrogens is 256 g/mol. The Labute approximate surface area is 110 Å². The van der Waals surface area contributed by atoms with E-state index in [4.69, 9.17) is 20.6 Å². The topological polar surface area (TPSA) is 104 Å². The minimum absolute atomic E-state index is 0.219. The average Bonchev–Trinajstić information content (AvgIpc) is 2.64. The van der Waals surface area contributed by atoms with E-state index in [9.17, 15) is 9.59 Å². The molecule has 1 heterocycles. The van der Waals surface area contributed by atoms with Crippen LogP contribution < -0.4 is 11.1 Å². The van der Waals surface area contributed by atoms with Crippen LogP contribution in [0.2, 0.25) is 0 Å². The zero-order chi connectivity index (χ0) is 13.8. The first-order valence-electron chi connectivity index (χ1n) is 5.85. The number of amidine groups is 1. The number of hydrogen-bond acceptors (Lipinski definition) is 5. The molecule has 0 aromatic heterocycles. The van der Waals surface area contributed by atoms with E-state index in [1.54, 1.807) is 13.8 Å². The fourth-order valence-corrected chi connectivity index (χ4v) is 2.49. The van der Waals surface area contributed by atoms with E-state index in [2.05, 4.69) is 0 Å². The Bertz CT molecular complexity index is 361. The van der Waals surface area contributed by atoms with E-state index in [0.717, 1.165) is 0 Å². The van der Waals surface area contributed by atoms with E-state index >= 15 is 0 Å². The van der Waals surface area contributed by atoms with Crippen molar-refractivity contribution in [2.24, 2.45) is 11.1 Å². The Morgan fingerprint density at radius 2 is 2.33 bits per heavy atom. The molecule has 0 saturated carbocycles. The van der Waals surface area contributed by atoms with Gasteiger partial charge in [-0.3, -0.25) is 20.7 Å². The maximum atomic E-state index is 11.9. The number of ether oxygens (including phenoxy) is 2. The van der Waals surface area contributed by atoms with Gasteiger partial charge in [-0.15, -0.1) is 0 Å². The van der Waals surface area contributed by atoms with E-state index in [1.165, 1.54) is 11.8 Å². The van der Waals surface area contributed by atoms with Crippen molar-refractivity contribution < 1.29 is 24.5 Å². The maximum absolute atomic E-state index is 11.9. The molecule has 0 radical (unpaired) electrons. The van der Waals surface area contributed by atoms with Gasteiger partial charge in [-0.2, -0.15) is 0 Å². The number of nitrogens with two attached hydrogens (primary N) is 2. The number of hydrogen-bond donors (Lipinski definition) is 2. The highest BCUT2D eigenvalue weighted by atomic mass is 32.2. The largest absolute Gasteiger partial charge is 0.465 e. The Morgan fingerprint density at radius 3 is 2.83 bits per heavy atom. The van der Waals surface area contributed by atoms with Crippen molar-refractivity contribution in [2.75, 3.05) is 12.4 Å². The van der Waals surface area contributed by atoms with Crippen molar-refractivity contribution in [3.63, 3.8) is 0 Å². The molecule has 2 unspecified atom stereocenters. The van der Waals surface area contributed by atoms with Crippen LogP contribution in [0.1, 0.15) is 26.7 Å². The molecule has 7 heteroatoms. The molecule has 1 fully saturated rings. The maximum Gasteiger partial charge on any atom is 0.323 e. The van der Waals surface area contributed by atoms with Gasteiger partial charge in [0.1, 0.15) is 6.10 Å². The Hall–Kier alpha value is -1.24. The fraction of sp³-hybridized carbons (Fsp3) is 0.727. The number of esters is 2. The summed E-state index contributed by atoms with van der Waals surface area (Å²) in [5.41, 5.74) is 4.18. The normalized spacial score (nSPS) is 26.8. The summed E-state index contributed by atoms with van der Waals surface area (Å²) in [6.07, 6.45) is 0.337. The van der Waals surface area contributed by atoms with Gasteiger partial charge in [0, 0.05) is 12.2 Å². The molecule has 1 aliphatic rings. The summed E-state index contributed by atoms with van der Waals surface area (Å²) in [7, 11) is 0. The summed E-state index contributed by atoms with van der Waals surface area (Å²) in [6.45, 7) is 3.73. The molecule has 18 heavy (non-hydrogen) atoms. The fourth-order valence-electron chi connectivity index (χ4n) is 1.93. The predicted octanol–water partition coefficient (Wildman–Crippen LogP) is -0.932. The van der Waals surface area contributed by atoms with Gasteiger partial charge in [-0.1, -0.05) is 6.92 Å². The van der Waals surface area contributed by atoms with E-state index in [1.807, 2.05) is 0 Å². The lowest BCUT2D eigenvalue weighted by molar-refractivity contribution is -0.165.